The largest absolute Gasteiger partial charge is 0.373 e. The minimum absolute atomic E-state index is 0.0629. The highest BCUT2D eigenvalue weighted by Crippen LogP contribution is 2.31. The maximum atomic E-state index is 12.7. The summed E-state index contributed by atoms with van der Waals surface area (Å²) in [5, 5.41) is 6.25. The second kappa shape index (κ2) is 4.52. The number of allylic oxidation sites excluding steroid dienone is 1. The molecule has 0 aliphatic heterocycles. The fourth-order valence-electron chi connectivity index (χ4n) is 0.956. The van der Waals surface area contributed by atoms with Crippen molar-refractivity contribution in [3.63, 3.8) is 0 Å². The molecule has 0 unspecified atom stereocenters. The molecule has 0 aromatic heterocycles. The summed E-state index contributed by atoms with van der Waals surface area (Å²) in [5.74, 6) is -1.87. The summed E-state index contributed by atoms with van der Waals surface area (Å²) in [5.41, 5.74) is -0.383. The van der Waals surface area contributed by atoms with Gasteiger partial charge in [-0.05, 0) is 23.2 Å². The van der Waals surface area contributed by atoms with Gasteiger partial charge in [0, 0.05) is 12.1 Å². The van der Waals surface area contributed by atoms with Gasteiger partial charge in [0.05, 0.1) is 4.92 Å². The Bertz CT molecular complexity index is 443. The Morgan fingerprint density at radius 2 is 2.12 bits per heavy atom. The van der Waals surface area contributed by atoms with Crippen molar-refractivity contribution in [2.24, 2.45) is 0 Å². The van der Waals surface area contributed by atoms with E-state index in [2.05, 4.69) is 11.6 Å². The van der Waals surface area contributed by atoms with Crippen molar-refractivity contribution >= 4 is 23.4 Å². The molecule has 0 heterocycles. The zero-order chi connectivity index (χ0) is 12.3. The van der Waals surface area contributed by atoms with Crippen LogP contribution >= 0.6 is 11.6 Å². The van der Waals surface area contributed by atoms with E-state index in [0.717, 1.165) is 12.1 Å². The lowest BCUT2D eigenvalue weighted by Gasteiger charge is -2.03. The third-order valence-corrected chi connectivity index (χ3v) is 1.83. The van der Waals surface area contributed by atoms with Crippen molar-refractivity contribution in [3.8, 4) is 0 Å². The Morgan fingerprint density at radius 3 is 2.62 bits per heavy atom. The maximum absolute atomic E-state index is 12.7. The Hall–Kier alpha value is -1.56. The zero-order valence-electron chi connectivity index (χ0n) is 7.66. The van der Waals surface area contributed by atoms with E-state index in [9.17, 15) is 23.3 Å². The third-order valence-electron chi connectivity index (χ3n) is 1.65. The van der Waals surface area contributed by atoms with E-state index in [1.54, 1.807) is 0 Å². The van der Waals surface area contributed by atoms with Crippen molar-refractivity contribution in [3.05, 3.63) is 45.8 Å². The van der Waals surface area contributed by atoms with Crippen LogP contribution in [0.3, 0.4) is 0 Å². The predicted molar refractivity (Wildman–Crippen MR) is 53.0 cm³/mol. The van der Waals surface area contributed by atoms with Gasteiger partial charge in [0.2, 0.25) is 0 Å². The number of rotatable bonds is 3. The van der Waals surface area contributed by atoms with Crippen LogP contribution in [0, 0.1) is 10.1 Å². The van der Waals surface area contributed by atoms with Crippen LogP contribution in [0.25, 0.3) is 6.08 Å². The van der Waals surface area contributed by atoms with Crippen LogP contribution in [0.1, 0.15) is 5.56 Å². The highest BCUT2D eigenvalue weighted by Gasteiger charge is 2.31. The summed E-state index contributed by atoms with van der Waals surface area (Å²) in [6, 6.07) is 4.62. The van der Waals surface area contributed by atoms with Crippen LogP contribution in [-0.2, 0) is 0 Å². The summed E-state index contributed by atoms with van der Waals surface area (Å²) >= 11 is 4.43. The van der Waals surface area contributed by atoms with E-state index < -0.39 is 16.1 Å². The van der Waals surface area contributed by atoms with E-state index in [4.69, 9.17) is 0 Å². The first-order chi connectivity index (χ1) is 7.30. The number of hydrogen-bond acceptors (Lipinski definition) is 2. The van der Waals surface area contributed by atoms with E-state index in [1.165, 1.54) is 12.1 Å². The fraction of sp³-hybridized carbons (Fsp3) is 0.111. The summed E-state index contributed by atoms with van der Waals surface area (Å²) < 4.78 is 37.2. The van der Waals surface area contributed by atoms with Gasteiger partial charge in [0.15, 0.2) is 5.83 Å². The summed E-state index contributed by atoms with van der Waals surface area (Å²) in [6.45, 7) is 0. The Labute approximate surface area is 93.3 Å². The molecule has 0 bridgehead atoms. The molecule has 0 N–H and O–H groups in total. The van der Waals surface area contributed by atoms with Crippen LogP contribution in [0.15, 0.2) is 30.1 Å². The SMILES string of the molecule is O=[N+]([O-])c1cccc(/C=C(\F)C(F)(F)Cl)c1. The molecule has 1 aromatic carbocycles. The average Bonchev–Trinajstić information content (AvgIpc) is 2.16. The lowest BCUT2D eigenvalue weighted by atomic mass is 10.2. The van der Waals surface area contributed by atoms with Gasteiger partial charge in [-0.1, -0.05) is 12.1 Å². The molecule has 1 aromatic rings. The number of hydrogen-bond donors (Lipinski definition) is 0. The maximum Gasteiger partial charge on any atom is 0.373 e. The molecule has 3 nitrogen and oxygen atoms in total. The molecular formula is C9H5ClF3NO2. The monoisotopic (exact) mass is 251 g/mol. The smallest absolute Gasteiger partial charge is 0.258 e. The molecule has 0 aliphatic rings. The predicted octanol–water partition coefficient (Wildman–Crippen LogP) is 3.74. The first-order valence-electron chi connectivity index (χ1n) is 3.99. The van der Waals surface area contributed by atoms with Crippen molar-refractivity contribution in [1.82, 2.24) is 0 Å². The van der Waals surface area contributed by atoms with Crippen molar-refractivity contribution in [1.29, 1.82) is 0 Å². The van der Waals surface area contributed by atoms with E-state index in [-0.39, 0.29) is 11.3 Å². The molecule has 0 amide bonds. The standard InChI is InChI=1S/C9H5ClF3NO2/c10-9(12,13)8(11)5-6-2-1-3-7(4-6)14(15)16/h1-5H/b8-5-. The lowest BCUT2D eigenvalue weighted by molar-refractivity contribution is -0.384. The second-order valence-corrected chi connectivity index (χ2v) is 3.32. The van der Waals surface area contributed by atoms with Gasteiger partial charge in [-0.25, -0.2) is 4.39 Å². The molecule has 0 saturated carbocycles. The Kier molecular flexibility index (Phi) is 3.54. The van der Waals surface area contributed by atoms with Gasteiger partial charge in [-0.3, -0.25) is 10.1 Å². The number of nitro benzene ring substituents is 1. The number of nitrogens with zero attached hydrogens (tertiary/aromatic N) is 1. The Morgan fingerprint density at radius 1 is 1.50 bits per heavy atom. The number of non-ortho nitro benzene ring substituents is 1. The summed E-state index contributed by atoms with van der Waals surface area (Å²) in [6.07, 6.45) is 0.444. The fourth-order valence-corrected chi connectivity index (χ4v) is 1.01. The Balaban J connectivity index is 3.07. The van der Waals surface area contributed by atoms with Gasteiger partial charge in [-0.15, -0.1) is 0 Å². The van der Waals surface area contributed by atoms with Crippen LogP contribution in [-0.4, -0.2) is 10.3 Å². The molecule has 0 spiro atoms. The molecular weight excluding hydrogens is 247 g/mol. The van der Waals surface area contributed by atoms with Gasteiger partial charge < -0.3 is 0 Å². The molecule has 16 heavy (non-hydrogen) atoms. The van der Waals surface area contributed by atoms with E-state index in [1.807, 2.05) is 0 Å². The van der Waals surface area contributed by atoms with Gasteiger partial charge in [0.25, 0.3) is 5.69 Å². The topological polar surface area (TPSA) is 43.1 Å². The minimum atomic E-state index is -4.11. The van der Waals surface area contributed by atoms with Crippen LogP contribution in [0.5, 0.6) is 0 Å². The second-order valence-electron chi connectivity index (χ2n) is 2.84. The summed E-state index contributed by atoms with van der Waals surface area (Å²) in [7, 11) is 0. The number of alkyl halides is 3. The van der Waals surface area contributed by atoms with Crippen molar-refractivity contribution < 1.29 is 18.1 Å². The van der Waals surface area contributed by atoms with Gasteiger partial charge >= 0.3 is 5.38 Å². The molecule has 7 heteroatoms. The van der Waals surface area contributed by atoms with E-state index >= 15 is 0 Å². The quantitative estimate of drug-likeness (QED) is 0.467. The number of benzene rings is 1. The molecule has 1 rings (SSSR count). The van der Waals surface area contributed by atoms with Crippen molar-refractivity contribution in [2.75, 3.05) is 0 Å². The molecule has 0 saturated heterocycles. The lowest BCUT2D eigenvalue weighted by Crippen LogP contribution is -2.05. The first-order valence-corrected chi connectivity index (χ1v) is 4.37. The van der Waals surface area contributed by atoms with Crippen LogP contribution in [0.2, 0.25) is 0 Å². The molecule has 86 valence electrons. The molecule has 0 aliphatic carbocycles. The van der Waals surface area contributed by atoms with Crippen LogP contribution < -0.4 is 0 Å². The highest BCUT2D eigenvalue weighted by molar-refractivity contribution is 6.23. The first kappa shape index (κ1) is 12.5. The zero-order valence-corrected chi connectivity index (χ0v) is 8.42. The highest BCUT2D eigenvalue weighted by atomic mass is 35.5. The van der Waals surface area contributed by atoms with Gasteiger partial charge in [-0.2, -0.15) is 8.78 Å². The van der Waals surface area contributed by atoms with Crippen LogP contribution in [0.4, 0.5) is 18.9 Å². The number of halogens is 4. The normalized spacial score (nSPS) is 12.6. The summed E-state index contributed by atoms with van der Waals surface area (Å²) in [4.78, 5) is 9.64. The molecule has 0 fully saturated rings. The molecule has 0 atom stereocenters. The van der Waals surface area contributed by atoms with Gasteiger partial charge in [0.1, 0.15) is 0 Å². The minimum Gasteiger partial charge on any atom is -0.258 e. The van der Waals surface area contributed by atoms with E-state index in [0.29, 0.717) is 6.08 Å². The van der Waals surface area contributed by atoms with Crippen molar-refractivity contribution in [2.45, 2.75) is 5.38 Å². The molecule has 0 radical (unpaired) electrons. The number of nitro groups is 1. The third kappa shape index (κ3) is 3.23. The average molecular weight is 252 g/mol.